The van der Waals surface area contributed by atoms with E-state index in [0.29, 0.717) is 23.4 Å². The lowest BCUT2D eigenvalue weighted by atomic mass is 10.2. The van der Waals surface area contributed by atoms with Crippen LogP contribution in [0.5, 0.6) is 0 Å². The summed E-state index contributed by atoms with van der Waals surface area (Å²) in [5, 5.41) is 2.75. The number of aromatic nitrogens is 2. The molecule has 1 heterocycles. The second kappa shape index (κ2) is 6.43. The second-order valence-corrected chi connectivity index (χ2v) is 5.20. The van der Waals surface area contributed by atoms with E-state index >= 15 is 0 Å². The maximum atomic E-state index is 12.3. The second-order valence-electron chi connectivity index (χ2n) is 5.20. The third-order valence-corrected chi connectivity index (χ3v) is 3.46. The Morgan fingerprint density at radius 2 is 2.09 bits per heavy atom. The first-order valence-corrected chi connectivity index (χ1v) is 7.14. The van der Waals surface area contributed by atoms with Gasteiger partial charge >= 0.3 is 0 Å². The number of benzene rings is 1. The van der Waals surface area contributed by atoms with E-state index in [1.165, 1.54) is 4.57 Å². The molecular weight excluding hydrogens is 280 g/mol. The van der Waals surface area contributed by atoms with Gasteiger partial charge in [-0.1, -0.05) is 19.1 Å². The highest BCUT2D eigenvalue weighted by Crippen LogP contribution is 2.10. The number of hydrogen-bond acceptors (Lipinski definition) is 4. The lowest BCUT2D eigenvalue weighted by molar-refractivity contribution is -0.116. The number of nitrogen functional groups attached to an aromatic ring is 1. The largest absolute Gasteiger partial charge is 0.369 e. The van der Waals surface area contributed by atoms with Crippen LogP contribution in [0.4, 0.5) is 11.6 Å². The number of carbonyl (C=O) groups is 1. The Labute approximate surface area is 129 Å². The molecule has 0 radical (unpaired) electrons. The minimum absolute atomic E-state index is 0.0619. The summed E-state index contributed by atoms with van der Waals surface area (Å²) in [4.78, 5) is 28.6. The van der Waals surface area contributed by atoms with Crippen molar-refractivity contribution in [2.75, 3.05) is 11.1 Å². The molecule has 6 heteroatoms. The molecule has 0 aliphatic heterocycles. The molecule has 1 amide bonds. The van der Waals surface area contributed by atoms with Gasteiger partial charge in [-0.25, -0.2) is 4.98 Å². The van der Waals surface area contributed by atoms with E-state index in [1.54, 1.807) is 13.0 Å². The molecule has 0 unspecified atom stereocenters. The van der Waals surface area contributed by atoms with Gasteiger partial charge in [-0.05, 0) is 38.0 Å². The van der Waals surface area contributed by atoms with Crippen LogP contribution in [-0.4, -0.2) is 15.5 Å². The van der Waals surface area contributed by atoms with Crippen molar-refractivity contribution in [3.05, 3.63) is 51.4 Å². The molecule has 3 N–H and O–H groups in total. The average Bonchev–Trinajstić information content (AvgIpc) is 2.47. The molecule has 0 fully saturated rings. The van der Waals surface area contributed by atoms with Crippen molar-refractivity contribution in [3.8, 4) is 0 Å². The van der Waals surface area contributed by atoms with Crippen molar-refractivity contribution in [2.45, 2.75) is 33.7 Å². The smallest absolute Gasteiger partial charge is 0.258 e. The molecule has 1 aromatic carbocycles. The van der Waals surface area contributed by atoms with Gasteiger partial charge in [0.2, 0.25) is 11.9 Å². The Hall–Kier alpha value is -2.63. The summed E-state index contributed by atoms with van der Waals surface area (Å²) in [5.41, 5.74) is 8.45. The molecule has 116 valence electrons. The first-order chi connectivity index (χ1) is 10.4. The number of rotatable bonds is 4. The van der Waals surface area contributed by atoms with Crippen molar-refractivity contribution >= 4 is 17.5 Å². The predicted molar refractivity (Wildman–Crippen MR) is 86.8 cm³/mol. The van der Waals surface area contributed by atoms with Gasteiger partial charge in [0.25, 0.3) is 5.56 Å². The van der Waals surface area contributed by atoms with E-state index in [-0.39, 0.29) is 24.0 Å². The third-order valence-electron chi connectivity index (χ3n) is 3.46. The van der Waals surface area contributed by atoms with Crippen molar-refractivity contribution < 1.29 is 4.79 Å². The molecule has 0 aliphatic rings. The molecule has 22 heavy (non-hydrogen) atoms. The molecule has 0 spiro atoms. The average molecular weight is 300 g/mol. The topological polar surface area (TPSA) is 90.0 Å². The Bertz CT molecular complexity index is 765. The molecule has 6 nitrogen and oxygen atoms in total. The monoisotopic (exact) mass is 300 g/mol. The number of carbonyl (C=O) groups excluding carboxylic acids is 1. The van der Waals surface area contributed by atoms with E-state index in [0.717, 1.165) is 5.56 Å². The highest BCUT2D eigenvalue weighted by Gasteiger charge is 2.13. The Kier molecular flexibility index (Phi) is 4.60. The van der Waals surface area contributed by atoms with Crippen LogP contribution in [0.25, 0.3) is 0 Å². The standard InChI is InChI=1S/C16H20N4O2/c1-4-13-11(3)15(22)20(16(17)19-13)9-14(21)18-12-7-5-6-10(2)8-12/h5-8H,4,9H2,1-3H3,(H2,17,19)(H,18,21). The molecule has 0 bridgehead atoms. The quantitative estimate of drug-likeness (QED) is 0.898. The minimum atomic E-state index is -0.315. The number of anilines is 2. The van der Waals surface area contributed by atoms with Crippen LogP contribution in [0, 0.1) is 13.8 Å². The Balaban J connectivity index is 2.22. The first kappa shape index (κ1) is 15.8. The predicted octanol–water partition coefficient (Wildman–Crippen LogP) is 1.64. The summed E-state index contributed by atoms with van der Waals surface area (Å²) in [6.07, 6.45) is 0.627. The van der Waals surface area contributed by atoms with Crippen LogP contribution < -0.4 is 16.6 Å². The summed E-state index contributed by atoms with van der Waals surface area (Å²) in [5.74, 6) is -0.253. The van der Waals surface area contributed by atoms with Gasteiger partial charge in [0.1, 0.15) is 6.54 Å². The van der Waals surface area contributed by atoms with E-state index in [9.17, 15) is 9.59 Å². The lowest BCUT2D eigenvalue weighted by Gasteiger charge is -2.12. The van der Waals surface area contributed by atoms with Gasteiger partial charge in [-0.15, -0.1) is 0 Å². The van der Waals surface area contributed by atoms with Gasteiger partial charge in [0.15, 0.2) is 0 Å². The van der Waals surface area contributed by atoms with Crippen LogP contribution in [0.15, 0.2) is 29.1 Å². The van der Waals surface area contributed by atoms with Gasteiger partial charge in [0.05, 0.1) is 5.69 Å². The molecule has 1 aromatic heterocycles. The molecule has 2 rings (SSSR count). The van der Waals surface area contributed by atoms with Crippen LogP contribution in [0.3, 0.4) is 0 Å². The highest BCUT2D eigenvalue weighted by molar-refractivity contribution is 5.90. The van der Waals surface area contributed by atoms with Gasteiger partial charge in [-0.3, -0.25) is 14.2 Å². The van der Waals surface area contributed by atoms with Crippen LogP contribution in [-0.2, 0) is 17.8 Å². The Morgan fingerprint density at radius 1 is 1.36 bits per heavy atom. The number of nitrogens with zero attached hydrogens (tertiary/aromatic N) is 2. The van der Waals surface area contributed by atoms with Crippen molar-refractivity contribution in [3.63, 3.8) is 0 Å². The third kappa shape index (κ3) is 3.33. The van der Waals surface area contributed by atoms with Crippen molar-refractivity contribution in [2.24, 2.45) is 0 Å². The SMILES string of the molecule is CCc1nc(N)n(CC(=O)Nc2cccc(C)c2)c(=O)c1C. The maximum absolute atomic E-state index is 12.3. The Morgan fingerprint density at radius 3 is 2.73 bits per heavy atom. The van der Waals surface area contributed by atoms with Gasteiger partial charge in [0, 0.05) is 11.3 Å². The molecule has 0 saturated carbocycles. The molecule has 0 atom stereocenters. The zero-order valence-electron chi connectivity index (χ0n) is 13.0. The summed E-state index contributed by atoms with van der Waals surface area (Å²) in [7, 11) is 0. The number of nitrogens with one attached hydrogen (secondary N) is 1. The normalized spacial score (nSPS) is 10.5. The summed E-state index contributed by atoms with van der Waals surface area (Å²) >= 11 is 0. The fourth-order valence-electron chi connectivity index (χ4n) is 2.28. The van der Waals surface area contributed by atoms with Crippen molar-refractivity contribution in [1.29, 1.82) is 0 Å². The van der Waals surface area contributed by atoms with Gasteiger partial charge in [-0.2, -0.15) is 0 Å². The molecule has 2 aromatic rings. The number of nitrogens with two attached hydrogens (primary N) is 1. The highest BCUT2D eigenvalue weighted by atomic mass is 16.2. The summed E-state index contributed by atoms with van der Waals surface area (Å²) in [6, 6.07) is 7.44. The van der Waals surface area contributed by atoms with Crippen LogP contribution in [0.1, 0.15) is 23.7 Å². The summed E-state index contributed by atoms with van der Waals surface area (Å²) < 4.78 is 1.19. The zero-order valence-corrected chi connectivity index (χ0v) is 13.0. The van der Waals surface area contributed by atoms with E-state index < -0.39 is 0 Å². The van der Waals surface area contributed by atoms with Gasteiger partial charge < -0.3 is 11.1 Å². The molecule has 0 aliphatic carbocycles. The maximum Gasteiger partial charge on any atom is 0.258 e. The summed E-state index contributed by atoms with van der Waals surface area (Å²) in [6.45, 7) is 5.39. The van der Waals surface area contributed by atoms with E-state index in [1.807, 2.05) is 32.0 Å². The fourth-order valence-corrected chi connectivity index (χ4v) is 2.28. The first-order valence-electron chi connectivity index (χ1n) is 7.14. The van der Waals surface area contributed by atoms with E-state index in [2.05, 4.69) is 10.3 Å². The van der Waals surface area contributed by atoms with Crippen molar-refractivity contribution in [1.82, 2.24) is 9.55 Å². The fraction of sp³-hybridized carbons (Fsp3) is 0.312. The minimum Gasteiger partial charge on any atom is -0.369 e. The zero-order chi connectivity index (χ0) is 16.3. The molecule has 0 saturated heterocycles. The van der Waals surface area contributed by atoms with Crippen LogP contribution >= 0.6 is 0 Å². The van der Waals surface area contributed by atoms with E-state index in [4.69, 9.17) is 5.73 Å². The number of hydrogen-bond donors (Lipinski definition) is 2. The van der Waals surface area contributed by atoms with Crippen LogP contribution in [0.2, 0.25) is 0 Å². The molecular formula is C16H20N4O2. The number of aryl methyl sites for hydroxylation is 2. The number of amides is 1. The lowest BCUT2D eigenvalue weighted by Crippen LogP contribution is -2.32.